The lowest BCUT2D eigenvalue weighted by Crippen LogP contribution is -2.30. The van der Waals surface area contributed by atoms with Crippen LogP contribution in [0.4, 0.5) is 0 Å². The number of nitrogens with one attached hydrogen (secondary N) is 1. The fourth-order valence-corrected chi connectivity index (χ4v) is 2.39. The van der Waals surface area contributed by atoms with Gasteiger partial charge < -0.3 is 15.5 Å². The Hall–Kier alpha value is -3.13. The second kappa shape index (κ2) is 6.17. The zero-order chi connectivity index (χ0) is 17.3. The molecule has 0 atom stereocenters. The summed E-state index contributed by atoms with van der Waals surface area (Å²) < 4.78 is 1.16. The maximum absolute atomic E-state index is 12.1. The van der Waals surface area contributed by atoms with E-state index in [0.29, 0.717) is 16.2 Å². The predicted molar refractivity (Wildman–Crippen MR) is 85.1 cm³/mol. The van der Waals surface area contributed by atoms with Gasteiger partial charge in [-0.05, 0) is 23.8 Å². The van der Waals surface area contributed by atoms with Crippen molar-refractivity contribution in [2.45, 2.75) is 0 Å². The maximum atomic E-state index is 12.1. The topological polar surface area (TPSA) is 117 Å². The van der Waals surface area contributed by atoms with Crippen molar-refractivity contribution in [2.24, 2.45) is 0 Å². The Balaban J connectivity index is 2.11. The first-order chi connectivity index (χ1) is 11.5. The molecular weight excluding hydrogens is 336 g/mol. The first-order valence-corrected chi connectivity index (χ1v) is 7.17. The molecule has 122 valence electrons. The lowest BCUT2D eigenvalue weighted by atomic mass is 10.1. The van der Waals surface area contributed by atoms with Crippen molar-refractivity contribution in [3.8, 4) is 16.9 Å². The molecule has 0 aliphatic heterocycles. The highest BCUT2D eigenvalue weighted by Gasteiger charge is 2.21. The van der Waals surface area contributed by atoms with Gasteiger partial charge in [-0.1, -0.05) is 23.7 Å². The minimum Gasteiger partial charge on any atom is -0.505 e. The van der Waals surface area contributed by atoms with Crippen LogP contribution in [0, 0.1) is 0 Å². The third-order valence-corrected chi connectivity index (χ3v) is 3.55. The number of aromatic nitrogens is 3. The zero-order valence-corrected chi connectivity index (χ0v) is 12.9. The van der Waals surface area contributed by atoms with E-state index in [1.807, 2.05) is 0 Å². The van der Waals surface area contributed by atoms with E-state index < -0.39 is 18.4 Å². The molecule has 1 aromatic carbocycles. The second-order valence-corrected chi connectivity index (χ2v) is 5.31. The van der Waals surface area contributed by atoms with Crippen molar-refractivity contribution in [2.75, 3.05) is 6.54 Å². The van der Waals surface area contributed by atoms with Gasteiger partial charge >= 0.3 is 5.97 Å². The van der Waals surface area contributed by atoms with E-state index in [-0.39, 0.29) is 11.4 Å². The molecule has 0 spiro atoms. The molecule has 0 aliphatic rings. The normalized spacial score (nSPS) is 10.7. The monoisotopic (exact) mass is 346 g/mol. The van der Waals surface area contributed by atoms with Crippen molar-refractivity contribution in [1.29, 1.82) is 0 Å². The van der Waals surface area contributed by atoms with Gasteiger partial charge in [0.2, 0.25) is 0 Å². The number of rotatable bonds is 4. The van der Waals surface area contributed by atoms with Gasteiger partial charge in [0.15, 0.2) is 11.3 Å². The van der Waals surface area contributed by atoms with Gasteiger partial charge in [-0.25, -0.2) is 9.50 Å². The summed E-state index contributed by atoms with van der Waals surface area (Å²) in [6, 6.07) is 8.25. The minimum absolute atomic E-state index is 0.193. The highest BCUT2D eigenvalue weighted by Crippen LogP contribution is 2.30. The zero-order valence-electron chi connectivity index (χ0n) is 12.1. The lowest BCUT2D eigenvalue weighted by molar-refractivity contribution is -0.135. The average Bonchev–Trinajstić information content (AvgIpc) is 3.02. The number of carboxylic acids is 1. The van der Waals surface area contributed by atoms with E-state index in [4.69, 9.17) is 16.7 Å². The number of aliphatic carboxylic acids is 1. The van der Waals surface area contributed by atoms with Crippen LogP contribution in [-0.2, 0) is 4.79 Å². The van der Waals surface area contributed by atoms with Gasteiger partial charge in [0.1, 0.15) is 18.6 Å². The van der Waals surface area contributed by atoms with Crippen LogP contribution >= 0.6 is 11.6 Å². The molecule has 3 aromatic rings. The number of carbonyl (C=O) groups excluding carboxylic acids is 1. The minimum atomic E-state index is -1.20. The van der Waals surface area contributed by atoms with Crippen LogP contribution in [0.2, 0.25) is 5.02 Å². The summed E-state index contributed by atoms with van der Waals surface area (Å²) in [4.78, 5) is 26.8. The smallest absolute Gasteiger partial charge is 0.322 e. The van der Waals surface area contributed by atoms with Crippen LogP contribution in [-0.4, -0.2) is 43.2 Å². The molecule has 0 aliphatic carbocycles. The molecule has 0 saturated heterocycles. The fraction of sp³-hybridized carbons (Fsp3) is 0.0667. The van der Waals surface area contributed by atoms with Crippen LogP contribution in [0.15, 0.2) is 36.7 Å². The second-order valence-electron chi connectivity index (χ2n) is 4.87. The Bertz CT molecular complexity index is 937. The van der Waals surface area contributed by atoms with Gasteiger partial charge in [-0.15, -0.1) is 0 Å². The number of hydrogen-bond donors (Lipinski definition) is 3. The van der Waals surface area contributed by atoms with E-state index in [2.05, 4.69) is 15.4 Å². The molecule has 1 amide bonds. The van der Waals surface area contributed by atoms with E-state index in [9.17, 15) is 14.7 Å². The van der Waals surface area contributed by atoms with Gasteiger partial charge in [-0.3, -0.25) is 9.59 Å². The number of benzene rings is 1. The number of carbonyl (C=O) groups is 2. The number of halogens is 1. The number of amides is 1. The molecule has 0 unspecified atom stereocenters. The fourth-order valence-electron chi connectivity index (χ4n) is 2.26. The Morgan fingerprint density at radius 1 is 1.25 bits per heavy atom. The molecular formula is C15H11ClN4O4. The highest BCUT2D eigenvalue weighted by molar-refractivity contribution is 6.30. The molecule has 9 heteroatoms. The van der Waals surface area contributed by atoms with Crippen molar-refractivity contribution in [1.82, 2.24) is 19.9 Å². The van der Waals surface area contributed by atoms with Crippen molar-refractivity contribution >= 4 is 29.1 Å². The summed E-state index contributed by atoms with van der Waals surface area (Å²) in [5.74, 6) is -2.32. The van der Waals surface area contributed by atoms with E-state index >= 15 is 0 Å². The standard InChI is InChI=1S/C15H11ClN4O4/c16-9-3-1-8(2-4-9)10-5-11(21)13(15(24)17-6-12(22)23)20-14(10)18-7-19-20/h1-5,7,21H,6H2,(H,17,24)(H,22,23). The number of aromatic hydroxyl groups is 1. The summed E-state index contributed by atoms with van der Waals surface area (Å²) >= 11 is 5.87. The van der Waals surface area contributed by atoms with Crippen LogP contribution in [0.1, 0.15) is 10.5 Å². The summed E-state index contributed by atoms with van der Waals surface area (Å²) in [6.07, 6.45) is 1.24. The van der Waals surface area contributed by atoms with Gasteiger partial charge in [-0.2, -0.15) is 5.10 Å². The third kappa shape index (κ3) is 2.86. The Labute approximate surface area is 140 Å². The summed E-state index contributed by atoms with van der Waals surface area (Å²) in [6.45, 7) is -0.576. The van der Waals surface area contributed by atoms with E-state index in [0.717, 1.165) is 10.1 Å². The van der Waals surface area contributed by atoms with Crippen LogP contribution in [0.5, 0.6) is 5.75 Å². The van der Waals surface area contributed by atoms with Crippen molar-refractivity contribution in [3.63, 3.8) is 0 Å². The van der Waals surface area contributed by atoms with E-state index in [1.165, 1.54) is 12.4 Å². The molecule has 0 saturated carbocycles. The van der Waals surface area contributed by atoms with Crippen LogP contribution < -0.4 is 5.32 Å². The highest BCUT2D eigenvalue weighted by atomic mass is 35.5. The molecule has 0 fully saturated rings. The molecule has 24 heavy (non-hydrogen) atoms. The lowest BCUT2D eigenvalue weighted by Gasteiger charge is -2.10. The summed E-state index contributed by atoms with van der Waals surface area (Å²) in [5, 5.41) is 25.6. The Kier molecular flexibility index (Phi) is 4.05. The summed E-state index contributed by atoms with van der Waals surface area (Å²) in [7, 11) is 0. The third-order valence-electron chi connectivity index (χ3n) is 3.29. The molecule has 2 heterocycles. The average molecular weight is 347 g/mol. The van der Waals surface area contributed by atoms with Crippen molar-refractivity contribution < 1.29 is 19.8 Å². The van der Waals surface area contributed by atoms with Gasteiger partial charge in [0.05, 0.1) is 0 Å². The number of carboxylic acid groups (broad SMARTS) is 1. The number of fused-ring (bicyclic) bond motifs is 1. The summed E-state index contributed by atoms with van der Waals surface area (Å²) in [5.41, 5.74) is 1.43. The molecule has 0 radical (unpaired) electrons. The van der Waals surface area contributed by atoms with Gasteiger partial charge in [0, 0.05) is 10.6 Å². The van der Waals surface area contributed by atoms with Gasteiger partial charge in [0.25, 0.3) is 5.91 Å². The van der Waals surface area contributed by atoms with Crippen molar-refractivity contribution in [3.05, 3.63) is 47.4 Å². The van der Waals surface area contributed by atoms with Crippen LogP contribution in [0.3, 0.4) is 0 Å². The molecule has 8 nitrogen and oxygen atoms in total. The first-order valence-electron chi connectivity index (χ1n) is 6.79. The molecule has 3 rings (SSSR count). The maximum Gasteiger partial charge on any atom is 0.322 e. The quantitative estimate of drug-likeness (QED) is 0.660. The number of hydrogen-bond acceptors (Lipinski definition) is 5. The first kappa shape index (κ1) is 15.8. The molecule has 0 bridgehead atoms. The molecule has 2 aromatic heterocycles. The number of nitrogens with zero attached hydrogens (tertiary/aromatic N) is 3. The predicted octanol–water partition coefficient (Wildman–Crippen LogP) is 1.57. The van der Waals surface area contributed by atoms with Crippen LogP contribution in [0.25, 0.3) is 16.8 Å². The Morgan fingerprint density at radius 3 is 2.62 bits per heavy atom. The molecule has 3 N–H and O–H groups in total. The largest absolute Gasteiger partial charge is 0.505 e. The Morgan fingerprint density at radius 2 is 1.96 bits per heavy atom. The SMILES string of the molecule is O=C(O)CNC(=O)c1c(O)cc(-c2ccc(Cl)cc2)c2ncnn12. The van der Waals surface area contributed by atoms with E-state index in [1.54, 1.807) is 24.3 Å². The number of pyridine rings is 1.